The molecule has 2 nitrogen and oxygen atoms in total. The van der Waals surface area contributed by atoms with Crippen molar-refractivity contribution in [3.8, 4) is 11.8 Å². The molecule has 1 rings (SSSR count). The summed E-state index contributed by atoms with van der Waals surface area (Å²) in [6.07, 6.45) is 5.40. The van der Waals surface area contributed by atoms with Crippen LogP contribution >= 0.6 is 0 Å². The number of carbonyl (C=O) groups is 1. The SMILES string of the molecule is CC#CCC(=O)C1(N)CCCCC1. The van der Waals surface area contributed by atoms with E-state index in [1.165, 1.54) is 6.42 Å². The van der Waals surface area contributed by atoms with E-state index in [2.05, 4.69) is 11.8 Å². The lowest BCUT2D eigenvalue weighted by Gasteiger charge is -2.31. The van der Waals surface area contributed by atoms with Crippen LogP contribution in [-0.4, -0.2) is 11.3 Å². The Labute approximate surface area is 79.9 Å². The van der Waals surface area contributed by atoms with Gasteiger partial charge in [-0.1, -0.05) is 25.2 Å². The highest BCUT2D eigenvalue weighted by Crippen LogP contribution is 2.27. The summed E-state index contributed by atoms with van der Waals surface area (Å²) in [7, 11) is 0. The van der Waals surface area contributed by atoms with Crippen molar-refractivity contribution < 1.29 is 4.79 Å². The van der Waals surface area contributed by atoms with Gasteiger partial charge in [-0.15, -0.1) is 5.92 Å². The molecule has 0 aromatic rings. The van der Waals surface area contributed by atoms with Crippen LogP contribution in [0.4, 0.5) is 0 Å². The van der Waals surface area contributed by atoms with Crippen molar-refractivity contribution >= 4 is 5.78 Å². The first-order chi connectivity index (χ1) is 6.19. The van der Waals surface area contributed by atoms with Crippen LogP contribution in [0.5, 0.6) is 0 Å². The lowest BCUT2D eigenvalue weighted by molar-refractivity contribution is -0.124. The van der Waals surface area contributed by atoms with Gasteiger partial charge >= 0.3 is 0 Å². The molecule has 0 spiro atoms. The molecular formula is C11H17NO. The van der Waals surface area contributed by atoms with Gasteiger partial charge in [0.2, 0.25) is 0 Å². The Hall–Kier alpha value is -0.810. The van der Waals surface area contributed by atoms with Crippen molar-refractivity contribution in [3.63, 3.8) is 0 Å². The van der Waals surface area contributed by atoms with Crippen molar-refractivity contribution in [2.75, 3.05) is 0 Å². The van der Waals surface area contributed by atoms with Gasteiger partial charge < -0.3 is 5.73 Å². The first kappa shape index (κ1) is 10.3. The molecule has 1 saturated carbocycles. The summed E-state index contributed by atoms with van der Waals surface area (Å²) in [6, 6.07) is 0. The van der Waals surface area contributed by atoms with Crippen LogP contribution in [0.1, 0.15) is 45.4 Å². The number of rotatable bonds is 2. The fourth-order valence-corrected chi connectivity index (χ4v) is 1.81. The molecule has 0 aromatic heterocycles. The van der Waals surface area contributed by atoms with Gasteiger partial charge in [0, 0.05) is 0 Å². The Bertz CT molecular complexity index is 241. The zero-order valence-electron chi connectivity index (χ0n) is 8.23. The van der Waals surface area contributed by atoms with Crippen LogP contribution in [0, 0.1) is 11.8 Å². The maximum Gasteiger partial charge on any atom is 0.164 e. The number of hydrogen-bond donors (Lipinski definition) is 1. The molecule has 0 atom stereocenters. The van der Waals surface area contributed by atoms with E-state index >= 15 is 0 Å². The molecule has 1 fully saturated rings. The number of Topliss-reactive ketones (excluding diaryl/α,β-unsaturated/α-hetero) is 1. The molecule has 0 aliphatic heterocycles. The summed E-state index contributed by atoms with van der Waals surface area (Å²) in [4.78, 5) is 11.7. The maximum atomic E-state index is 11.7. The minimum absolute atomic E-state index is 0.126. The van der Waals surface area contributed by atoms with Crippen LogP contribution in [0.25, 0.3) is 0 Å². The number of ketones is 1. The number of hydrogen-bond acceptors (Lipinski definition) is 2. The molecule has 0 unspecified atom stereocenters. The van der Waals surface area contributed by atoms with Crippen molar-refractivity contribution in [1.29, 1.82) is 0 Å². The Kier molecular flexibility index (Phi) is 3.50. The normalized spacial score (nSPS) is 20.2. The topological polar surface area (TPSA) is 43.1 Å². The Balaban J connectivity index is 2.54. The molecule has 2 heteroatoms. The minimum Gasteiger partial charge on any atom is -0.319 e. The standard InChI is InChI=1S/C11H17NO/c1-2-3-7-10(13)11(12)8-5-4-6-9-11/h4-9,12H2,1H3. The highest BCUT2D eigenvalue weighted by atomic mass is 16.1. The Morgan fingerprint density at radius 3 is 2.54 bits per heavy atom. The predicted octanol–water partition coefficient (Wildman–Crippen LogP) is 1.63. The monoisotopic (exact) mass is 179 g/mol. The van der Waals surface area contributed by atoms with E-state index in [-0.39, 0.29) is 5.78 Å². The van der Waals surface area contributed by atoms with Gasteiger partial charge in [-0.3, -0.25) is 4.79 Å². The minimum atomic E-state index is -0.553. The lowest BCUT2D eigenvalue weighted by atomic mass is 9.78. The Morgan fingerprint density at radius 1 is 1.38 bits per heavy atom. The molecule has 0 aromatic carbocycles. The molecule has 72 valence electrons. The molecule has 0 amide bonds. The van der Waals surface area contributed by atoms with E-state index in [0.717, 1.165) is 25.7 Å². The smallest absolute Gasteiger partial charge is 0.164 e. The molecule has 13 heavy (non-hydrogen) atoms. The second-order valence-electron chi connectivity index (χ2n) is 3.74. The highest BCUT2D eigenvalue weighted by Gasteiger charge is 2.33. The van der Waals surface area contributed by atoms with Crippen LogP contribution in [0.15, 0.2) is 0 Å². The molecular weight excluding hydrogens is 162 g/mol. The molecule has 1 aliphatic carbocycles. The van der Waals surface area contributed by atoms with Gasteiger partial charge in [0.05, 0.1) is 12.0 Å². The molecule has 0 saturated heterocycles. The van der Waals surface area contributed by atoms with Crippen molar-refractivity contribution in [1.82, 2.24) is 0 Å². The zero-order valence-corrected chi connectivity index (χ0v) is 8.23. The summed E-state index contributed by atoms with van der Waals surface area (Å²) in [6.45, 7) is 1.75. The van der Waals surface area contributed by atoms with Crippen LogP contribution < -0.4 is 5.73 Å². The largest absolute Gasteiger partial charge is 0.319 e. The Morgan fingerprint density at radius 2 is 2.00 bits per heavy atom. The first-order valence-electron chi connectivity index (χ1n) is 4.91. The van der Waals surface area contributed by atoms with E-state index in [4.69, 9.17) is 5.73 Å². The molecule has 0 bridgehead atoms. The zero-order chi connectivity index (χ0) is 9.73. The molecule has 0 radical (unpaired) electrons. The van der Waals surface area contributed by atoms with E-state index < -0.39 is 5.54 Å². The van der Waals surface area contributed by atoms with Gasteiger partial charge in [-0.25, -0.2) is 0 Å². The fraction of sp³-hybridized carbons (Fsp3) is 0.727. The van der Waals surface area contributed by atoms with E-state index in [0.29, 0.717) is 6.42 Å². The summed E-state index contributed by atoms with van der Waals surface area (Å²) in [5.41, 5.74) is 5.47. The number of carbonyl (C=O) groups excluding carboxylic acids is 1. The van der Waals surface area contributed by atoms with Crippen molar-refractivity contribution in [2.24, 2.45) is 5.73 Å². The molecule has 0 heterocycles. The van der Waals surface area contributed by atoms with Crippen LogP contribution in [-0.2, 0) is 4.79 Å². The van der Waals surface area contributed by atoms with Crippen LogP contribution in [0.2, 0.25) is 0 Å². The van der Waals surface area contributed by atoms with E-state index in [9.17, 15) is 4.79 Å². The summed E-state index contributed by atoms with van der Waals surface area (Å²) >= 11 is 0. The van der Waals surface area contributed by atoms with E-state index in [1.54, 1.807) is 6.92 Å². The molecule has 2 N–H and O–H groups in total. The molecule has 1 aliphatic rings. The third-order valence-corrected chi connectivity index (χ3v) is 2.73. The van der Waals surface area contributed by atoms with Gasteiger partial charge in [-0.2, -0.15) is 0 Å². The average molecular weight is 179 g/mol. The van der Waals surface area contributed by atoms with Gasteiger partial charge in [0.25, 0.3) is 0 Å². The predicted molar refractivity (Wildman–Crippen MR) is 53.1 cm³/mol. The third kappa shape index (κ3) is 2.57. The van der Waals surface area contributed by atoms with Gasteiger partial charge in [-0.05, 0) is 19.8 Å². The average Bonchev–Trinajstić information content (AvgIpc) is 2.15. The first-order valence-corrected chi connectivity index (χ1v) is 4.91. The van der Waals surface area contributed by atoms with Crippen molar-refractivity contribution in [3.05, 3.63) is 0 Å². The quantitative estimate of drug-likeness (QED) is 0.655. The summed E-state index contributed by atoms with van der Waals surface area (Å²) < 4.78 is 0. The van der Waals surface area contributed by atoms with Gasteiger partial charge in [0.1, 0.15) is 0 Å². The summed E-state index contributed by atoms with van der Waals surface area (Å²) in [5, 5.41) is 0. The highest BCUT2D eigenvalue weighted by molar-refractivity contribution is 5.90. The fourth-order valence-electron chi connectivity index (χ4n) is 1.81. The summed E-state index contributed by atoms with van der Waals surface area (Å²) in [5.74, 6) is 5.65. The maximum absolute atomic E-state index is 11.7. The third-order valence-electron chi connectivity index (χ3n) is 2.73. The van der Waals surface area contributed by atoms with E-state index in [1.807, 2.05) is 0 Å². The van der Waals surface area contributed by atoms with Crippen LogP contribution in [0.3, 0.4) is 0 Å². The second-order valence-corrected chi connectivity index (χ2v) is 3.74. The second kappa shape index (κ2) is 4.43. The number of nitrogens with two attached hydrogens (primary N) is 1. The van der Waals surface area contributed by atoms with Gasteiger partial charge in [0.15, 0.2) is 5.78 Å². The van der Waals surface area contributed by atoms with Crippen molar-refractivity contribution in [2.45, 2.75) is 51.0 Å². The lowest BCUT2D eigenvalue weighted by Crippen LogP contribution is -2.49.